The van der Waals surface area contributed by atoms with Crippen LogP contribution in [0.4, 0.5) is 0 Å². The molecule has 0 aromatic rings. The molecule has 1 saturated heterocycles. The van der Waals surface area contributed by atoms with Crippen molar-refractivity contribution in [3.8, 4) is 0 Å². The molecule has 6 nitrogen and oxygen atoms in total. The fourth-order valence-corrected chi connectivity index (χ4v) is 4.16. The molecule has 2 fully saturated rings. The number of nitrogens with zero attached hydrogens (tertiary/aromatic N) is 1. The van der Waals surface area contributed by atoms with Gasteiger partial charge in [0.25, 0.3) is 0 Å². The van der Waals surface area contributed by atoms with Crippen LogP contribution in [-0.2, 0) is 22.9 Å². The minimum Gasteiger partial charge on any atom is -0.379 e. The van der Waals surface area contributed by atoms with Crippen molar-refractivity contribution in [3.63, 3.8) is 0 Å². The van der Waals surface area contributed by atoms with Gasteiger partial charge in [-0.1, -0.05) is 12.8 Å². The number of methoxy groups -OCH3 is 1. The van der Waals surface area contributed by atoms with Gasteiger partial charge in [0.15, 0.2) is 0 Å². The fraction of sp³-hybridized carbons (Fsp3) is 1.00. The maximum absolute atomic E-state index is 12.5. The Morgan fingerprint density at radius 3 is 2.33 bits per heavy atom. The average Bonchev–Trinajstić information content (AvgIpc) is 3.01. The zero-order valence-electron chi connectivity index (χ0n) is 13.2. The van der Waals surface area contributed by atoms with Gasteiger partial charge in [-0.3, -0.25) is 13.6 Å². The van der Waals surface area contributed by atoms with Crippen LogP contribution in [0.3, 0.4) is 0 Å². The molecule has 7 heteroatoms. The predicted molar refractivity (Wildman–Crippen MR) is 80.4 cm³/mol. The highest BCUT2D eigenvalue weighted by Crippen LogP contribution is 2.51. The molecular weight excluding hydrogens is 293 g/mol. The minimum absolute atomic E-state index is 0.0237. The van der Waals surface area contributed by atoms with Crippen LogP contribution in [0.5, 0.6) is 0 Å². The number of rotatable bonds is 8. The second-order valence-electron chi connectivity index (χ2n) is 5.71. The summed E-state index contributed by atoms with van der Waals surface area (Å²) < 4.78 is 34.1. The van der Waals surface area contributed by atoms with Crippen molar-refractivity contribution < 1.29 is 22.9 Å². The van der Waals surface area contributed by atoms with Crippen LogP contribution in [0.15, 0.2) is 0 Å². The molecule has 0 amide bonds. The van der Waals surface area contributed by atoms with Crippen molar-refractivity contribution in [2.45, 2.75) is 50.7 Å². The van der Waals surface area contributed by atoms with Crippen LogP contribution >= 0.6 is 7.82 Å². The molecular formula is C14H28NO5P. The lowest BCUT2D eigenvalue weighted by Crippen LogP contribution is -2.33. The summed E-state index contributed by atoms with van der Waals surface area (Å²) in [6.45, 7) is 3.33. The molecule has 1 aliphatic heterocycles. The molecule has 0 radical (unpaired) electrons. The van der Waals surface area contributed by atoms with Gasteiger partial charge in [0.1, 0.15) is 0 Å². The van der Waals surface area contributed by atoms with Gasteiger partial charge in [0.2, 0.25) is 0 Å². The highest BCUT2D eigenvalue weighted by molar-refractivity contribution is 7.48. The van der Waals surface area contributed by atoms with Gasteiger partial charge in [-0.15, -0.1) is 0 Å². The molecule has 21 heavy (non-hydrogen) atoms. The van der Waals surface area contributed by atoms with Crippen LogP contribution in [0, 0.1) is 0 Å². The van der Waals surface area contributed by atoms with E-state index < -0.39 is 7.82 Å². The van der Waals surface area contributed by atoms with Crippen LogP contribution in [0.25, 0.3) is 0 Å². The van der Waals surface area contributed by atoms with Crippen molar-refractivity contribution in [1.29, 1.82) is 0 Å². The lowest BCUT2D eigenvalue weighted by Gasteiger charge is -2.32. The standard InChI is InChI=1S/C14H28NO5P/c1-17-13-7-3-4-8-14(13)20-21(16,18-2)19-12-11-15-9-5-6-10-15/h13-14H,3-12H2,1-2H3. The molecule has 3 atom stereocenters. The van der Waals surface area contributed by atoms with Gasteiger partial charge in [0.05, 0.1) is 18.8 Å². The predicted octanol–water partition coefficient (Wildman–Crippen LogP) is 2.83. The Labute approximate surface area is 127 Å². The molecule has 0 N–H and O–H groups in total. The van der Waals surface area contributed by atoms with E-state index in [1.165, 1.54) is 20.0 Å². The third-order valence-electron chi connectivity index (χ3n) is 4.29. The second kappa shape index (κ2) is 8.61. The Morgan fingerprint density at radius 1 is 1.05 bits per heavy atom. The van der Waals surface area contributed by atoms with Crippen LogP contribution in [0.2, 0.25) is 0 Å². The van der Waals surface area contributed by atoms with Crippen molar-refractivity contribution >= 4 is 7.82 Å². The number of hydrogen-bond donors (Lipinski definition) is 0. The van der Waals surface area contributed by atoms with Gasteiger partial charge >= 0.3 is 7.82 Å². The lowest BCUT2D eigenvalue weighted by atomic mass is 9.95. The first-order valence-corrected chi connectivity index (χ1v) is 9.37. The van der Waals surface area contributed by atoms with E-state index in [2.05, 4.69) is 4.90 Å². The van der Waals surface area contributed by atoms with E-state index >= 15 is 0 Å². The molecule has 1 heterocycles. The molecule has 2 rings (SSSR count). The zero-order valence-corrected chi connectivity index (χ0v) is 14.1. The summed E-state index contributed by atoms with van der Waals surface area (Å²) in [6.07, 6.45) is 6.17. The second-order valence-corrected chi connectivity index (χ2v) is 7.44. The van der Waals surface area contributed by atoms with Gasteiger partial charge in [-0.25, -0.2) is 4.57 Å². The smallest absolute Gasteiger partial charge is 0.379 e. The number of phosphoric ester groups is 1. The largest absolute Gasteiger partial charge is 0.474 e. The maximum Gasteiger partial charge on any atom is 0.474 e. The quantitative estimate of drug-likeness (QED) is 0.641. The molecule has 124 valence electrons. The van der Waals surface area contributed by atoms with Crippen molar-refractivity contribution in [1.82, 2.24) is 4.90 Å². The summed E-state index contributed by atoms with van der Waals surface area (Å²) in [4.78, 5) is 2.30. The van der Waals surface area contributed by atoms with Gasteiger partial charge in [-0.2, -0.15) is 0 Å². The molecule has 0 spiro atoms. The fourth-order valence-electron chi connectivity index (χ4n) is 3.03. The van der Waals surface area contributed by atoms with E-state index in [1.54, 1.807) is 7.11 Å². The summed E-state index contributed by atoms with van der Waals surface area (Å²) in [5, 5.41) is 0. The summed E-state index contributed by atoms with van der Waals surface area (Å²) in [5.41, 5.74) is 0. The van der Waals surface area contributed by atoms with E-state index in [0.29, 0.717) is 6.61 Å². The first-order valence-electron chi connectivity index (χ1n) is 7.91. The summed E-state index contributed by atoms with van der Waals surface area (Å²) in [5.74, 6) is 0. The van der Waals surface area contributed by atoms with Crippen LogP contribution in [0.1, 0.15) is 38.5 Å². The summed E-state index contributed by atoms with van der Waals surface area (Å²) >= 11 is 0. The van der Waals surface area contributed by atoms with E-state index in [4.69, 9.17) is 18.3 Å². The van der Waals surface area contributed by atoms with Gasteiger partial charge in [0, 0.05) is 20.8 Å². The number of ether oxygens (including phenoxy) is 1. The Morgan fingerprint density at radius 2 is 1.71 bits per heavy atom. The first kappa shape index (κ1) is 17.4. The third kappa shape index (κ3) is 5.31. The van der Waals surface area contributed by atoms with Crippen LogP contribution < -0.4 is 0 Å². The number of hydrogen-bond acceptors (Lipinski definition) is 6. The maximum atomic E-state index is 12.5. The highest BCUT2D eigenvalue weighted by Gasteiger charge is 2.35. The average molecular weight is 321 g/mol. The molecule has 0 aromatic carbocycles. The van der Waals surface area contributed by atoms with Crippen LogP contribution in [-0.4, -0.2) is 57.6 Å². The molecule has 1 saturated carbocycles. The lowest BCUT2D eigenvalue weighted by molar-refractivity contribution is -0.0406. The third-order valence-corrected chi connectivity index (χ3v) is 5.76. The topological polar surface area (TPSA) is 57.2 Å². The Bertz CT molecular complexity index is 348. The Balaban J connectivity index is 1.79. The molecule has 1 aliphatic carbocycles. The van der Waals surface area contributed by atoms with E-state index in [0.717, 1.165) is 45.3 Å². The van der Waals surface area contributed by atoms with Crippen molar-refractivity contribution in [2.75, 3.05) is 40.5 Å². The molecule has 3 unspecified atom stereocenters. The molecule has 0 aromatic heterocycles. The van der Waals surface area contributed by atoms with Crippen molar-refractivity contribution in [2.24, 2.45) is 0 Å². The molecule has 2 aliphatic rings. The van der Waals surface area contributed by atoms with E-state index in [-0.39, 0.29) is 12.2 Å². The zero-order chi connectivity index (χ0) is 15.1. The normalized spacial score (nSPS) is 30.4. The number of phosphoric acid groups is 1. The highest BCUT2D eigenvalue weighted by atomic mass is 31.2. The monoisotopic (exact) mass is 321 g/mol. The van der Waals surface area contributed by atoms with E-state index in [1.807, 2.05) is 0 Å². The Hall–Kier alpha value is 0.0300. The van der Waals surface area contributed by atoms with Gasteiger partial charge in [-0.05, 0) is 38.8 Å². The van der Waals surface area contributed by atoms with Crippen molar-refractivity contribution in [3.05, 3.63) is 0 Å². The molecule has 0 bridgehead atoms. The summed E-state index contributed by atoms with van der Waals surface area (Å²) in [7, 11) is -0.441. The minimum atomic E-state index is -3.48. The SMILES string of the molecule is COC1CCCCC1OP(=O)(OC)OCCN1CCCC1. The number of likely N-dealkylation sites (tertiary alicyclic amines) is 1. The summed E-state index contributed by atoms with van der Waals surface area (Å²) in [6, 6.07) is 0. The first-order chi connectivity index (χ1) is 10.2. The van der Waals surface area contributed by atoms with E-state index in [9.17, 15) is 4.57 Å². The Kier molecular flexibility index (Phi) is 7.13. The van der Waals surface area contributed by atoms with Gasteiger partial charge < -0.3 is 9.64 Å².